The Morgan fingerprint density at radius 2 is 2.26 bits per heavy atom. The van der Waals surface area contributed by atoms with Gasteiger partial charge in [-0.05, 0) is 12.8 Å². The lowest BCUT2D eigenvalue weighted by molar-refractivity contribution is 0.00225. The van der Waals surface area contributed by atoms with Gasteiger partial charge in [0.2, 0.25) is 0 Å². The van der Waals surface area contributed by atoms with E-state index in [1.54, 1.807) is 6.33 Å². The molecule has 1 aliphatic carbocycles. The van der Waals surface area contributed by atoms with Gasteiger partial charge in [-0.2, -0.15) is 0 Å². The van der Waals surface area contributed by atoms with Crippen molar-refractivity contribution in [3.8, 4) is 0 Å². The van der Waals surface area contributed by atoms with E-state index in [0.717, 1.165) is 29.8 Å². The van der Waals surface area contributed by atoms with Crippen LogP contribution in [-0.2, 0) is 11.9 Å². The van der Waals surface area contributed by atoms with Crippen LogP contribution < -0.4 is 10.8 Å². The summed E-state index contributed by atoms with van der Waals surface area (Å²) in [7, 11) is 1.91. The Labute approximate surface area is 110 Å². The van der Waals surface area contributed by atoms with Crippen molar-refractivity contribution >= 4 is 22.7 Å². The molecule has 1 fully saturated rings. The molecule has 1 saturated heterocycles. The molecule has 3 aliphatic rings. The molecule has 2 aromatic heterocycles. The number of aromatic nitrogens is 3. The molecule has 6 nitrogen and oxygen atoms in total. The van der Waals surface area contributed by atoms with Crippen LogP contribution in [0.4, 0.5) is 11.5 Å². The predicted octanol–water partition coefficient (Wildman–Crippen LogP) is 1.39. The Kier molecular flexibility index (Phi) is 2.11. The molecule has 2 aromatic rings. The second kappa shape index (κ2) is 3.71. The standard InChI is InChI=1S/C13H15N5O/c1-17-7-15-12-10(14)6-11(16-13(12)17)18-8-2-4-9(19-18)5-3-8/h2,4,6-9H,3,5H2,1H3,(H2,14,16)/t8-,9+/m1/s1. The van der Waals surface area contributed by atoms with E-state index in [4.69, 9.17) is 10.6 Å². The Morgan fingerprint density at radius 1 is 1.37 bits per heavy atom. The van der Waals surface area contributed by atoms with Gasteiger partial charge in [0.15, 0.2) is 11.5 Å². The molecule has 6 heteroatoms. The summed E-state index contributed by atoms with van der Waals surface area (Å²) in [6.45, 7) is 0. The van der Waals surface area contributed by atoms with Gasteiger partial charge in [-0.1, -0.05) is 12.2 Å². The van der Waals surface area contributed by atoms with Crippen LogP contribution in [0.25, 0.3) is 11.2 Å². The molecular weight excluding hydrogens is 242 g/mol. The smallest absolute Gasteiger partial charge is 0.164 e. The van der Waals surface area contributed by atoms with Crippen molar-refractivity contribution in [2.45, 2.75) is 25.0 Å². The fourth-order valence-corrected chi connectivity index (χ4v) is 2.73. The largest absolute Gasteiger partial charge is 0.397 e. The Bertz CT molecular complexity index is 677. The quantitative estimate of drug-likeness (QED) is 0.782. The number of hydrogen-bond donors (Lipinski definition) is 1. The van der Waals surface area contributed by atoms with Crippen LogP contribution in [0.15, 0.2) is 24.5 Å². The second-order valence-electron chi connectivity index (χ2n) is 5.10. The van der Waals surface area contributed by atoms with E-state index in [9.17, 15) is 0 Å². The molecule has 2 aliphatic heterocycles. The van der Waals surface area contributed by atoms with Crippen molar-refractivity contribution < 1.29 is 4.84 Å². The van der Waals surface area contributed by atoms with Crippen molar-refractivity contribution in [2.75, 3.05) is 10.8 Å². The summed E-state index contributed by atoms with van der Waals surface area (Å²) in [4.78, 5) is 14.8. The minimum absolute atomic E-state index is 0.162. The van der Waals surface area contributed by atoms with E-state index in [1.165, 1.54) is 0 Å². The number of hydrogen-bond acceptors (Lipinski definition) is 5. The lowest BCUT2D eigenvalue weighted by atomic mass is 9.98. The molecule has 2 atom stereocenters. The van der Waals surface area contributed by atoms with Crippen LogP contribution in [0.3, 0.4) is 0 Å². The van der Waals surface area contributed by atoms with Crippen molar-refractivity contribution in [1.82, 2.24) is 14.5 Å². The van der Waals surface area contributed by atoms with Gasteiger partial charge >= 0.3 is 0 Å². The van der Waals surface area contributed by atoms with Crippen molar-refractivity contribution in [2.24, 2.45) is 7.05 Å². The summed E-state index contributed by atoms with van der Waals surface area (Å²) in [6.07, 6.45) is 8.35. The molecule has 0 amide bonds. The van der Waals surface area contributed by atoms with Crippen LogP contribution in [0.2, 0.25) is 0 Å². The van der Waals surface area contributed by atoms with Gasteiger partial charge in [-0.15, -0.1) is 0 Å². The molecule has 2 N–H and O–H groups in total. The van der Waals surface area contributed by atoms with Crippen LogP contribution in [0, 0.1) is 0 Å². The number of nitrogens with two attached hydrogens (primary N) is 1. The van der Waals surface area contributed by atoms with E-state index in [1.807, 2.05) is 22.7 Å². The van der Waals surface area contributed by atoms with E-state index in [-0.39, 0.29) is 12.1 Å². The highest BCUT2D eigenvalue weighted by atomic mass is 16.7. The maximum Gasteiger partial charge on any atom is 0.164 e. The average Bonchev–Trinajstić information content (AvgIpc) is 2.82. The molecule has 0 saturated carbocycles. The summed E-state index contributed by atoms with van der Waals surface area (Å²) in [5, 5.41) is 1.87. The number of aryl methyl sites for hydroxylation is 1. The maximum absolute atomic E-state index is 6.06. The minimum Gasteiger partial charge on any atom is -0.397 e. The van der Waals surface area contributed by atoms with Crippen LogP contribution in [0.1, 0.15) is 12.8 Å². The summed E-state index contributed by atoms with van der Waals surface area (Å²) in [5.41, 5.74) is 8.21. The molecule has 98 valence electrons. The zero-order valence-corrected chi connectivity index (χ0v) is 10.7. The topological polar surface area (TPSA) is 69.2 Å². The Morgan fingerprint density at radius 3 is 2.95 bits per heavy atom. The third-order valence-corrected chi connectivity index (χ3v) is 3.76. The van der Waals surface area contributed by atoms with Crippen molar-refractivity contribution in [3.63, 3.8) is 0 Å². The minimum atomic E-state index is 0.162. The molecule has 5 rings (SSSR count). The van der Waals surface area contributed by atoms with E-state index in [2.05, 4.69) is 22.1 Å². The highest BCUT2D eigenvalue weighted by molar-refractivity contribution is 5.86. The number of fused-ring (bicyclic) bond motifs is 3. The van der Waals surface area contributed by atoms with Crippen molar-refractivity contribution in [3.05, 3.63) is 24.5 Å². The monoisotopic (exact) mass is 257 g/mol. The van der Waals surface area contributed by atoms with E-state index < -0.39 is 0 Å². The number of anilines is 2. The van der Waals surface area contributed by atoms with Gasteiger partial charge in [-0.3, -0.25) is 4.84 Å². The molecule has 0 unspecified atom stereocenters. The van der Waals surface area contributed by atoms with Gasteiger partial charge in [0, 0.05) is 13.1 Å². The Balaban J connectivity index is 1.83. The molecule has 0 spiro atoms. The van der Waals surface area contributed by atoms with Crippen LogP contribution in [-0.4, -0.2) is 26.7 Å². The van der Waals surface area contributed by atoms with Gasteiger partial charge in [0.05, 0.1) is 18.1 Å². The summed E-state index contributed by atoms with van der Waals surface area (Å²) in [6, 6.07) is 2.09. The number of nitrogen functional groups attached to an aromatic ring is 1. The van der Waals surface area contributed by atoms with Gasteiger partial charge < -0.3 is 10.3 Å². The van der Waals surface area contributed by atoms with Gasteiger partial charge in [0.1, 0.15) is 11.6 Å². The first kappa shape index (κ1) is 10.8. The maximum atomic E-state index is 6.06. The summed E-state index contributed by atoms with van der Waals surface area (Å²) in [5.74, 6) is 0.757. The SMILES string of the molecule is Cn1cnc2c(N)cc(N3O[C@H]4C=C[C@@H]3CC4)nc21. The molecule has 4 heterocycles. The molecule has 2 bridgehead atoms. The fraction of sp³-hybridized carbons (Fsp3) is 0.385. The molecule has 0 radical (unpaired) electrons. The normalized spacial score (nSPS) is 25.4. The number of nitrogens with zero attached hydrogens (tertiary/aromatic N) is 4. The lowest BCUT2D eigenvalue weighted by Crippen LogP contribution is -2.46. The first-order valence-electron chi connectivity index (χ1n) is 6.44. The lowest BCUT2D eigenvalue weighted by Gasteiger charge is -2.40. The molecule has 0 aromatic carbocycles. The third kappa shape index (κ3) is 1.53. The number of imidazole rings is 1. The van der Waals surface area contributed by atoms with E-state index >= 15 is 0 Å². The third-order valence-electron chi connectivity index (χ3n) is 3.76. The van der Waals surface area contributed by atoms with E-state index in [0.29, 0.717) is 5.69 Å². The summed E-state index contributed by atoms with van der Waals surface area (Å²) < 4.78 is 1.87. The number of rotatable bonds is 1. The second-order valence-corrected chi connectivity index (χ2v) is 5.10. The zero-order chi connectivity index (χ0) is 13.0. The highest BCUT2D eigenvalue weighted by Gasteiger charge is 2.32. The van der Waals surface area contributed by atoms with Gasteiger partial charge in [-0.25, -0.2) is 15.0 Å². The fourth-order valence-electron chi connectivity index (χ4n) is 2.73. The highest BCUT2D eigenvalue weighted by Crippen LogP contribution is 2.33. The average molecular weight is 257 g/mol. The number of hydroxylamine groups is 1. The molecule has 19 heavy (non-hydrogen) atoms. The number of pyridine rings is 1. The Hall–Kier alpha value is -2.08. The predicted molar refractivity (Wildman–Crippen MR) is 72.4 cm³/mol. The van der Waals surface area contributed by atoms with Gasteiger partial charge in [0.25, 0.3) is 0 Å². The first-order valence-corrected chi connectivity index (χ1v) is 6.44. The van der Waals surface area contributed by atoms with Crippen LogP contribution >= 0.6 is 0 Å². The molecular formula is C13H15N5O. The summed E-state index contributed by atoms with van der Waals surface area (Å²) >= 11 is 0. The van der Waals surface area contributed by atoms with Crippen molar-refractivity contribution in [1.29, 1.82) is 0 Å². The van der Waals surface area contributed by atoms with Crippen LogP contribution in [0.5, 0.6) is 0 Å². The zero-order valence-electron chi connectivity index (χ0n) is 10.7. The first-order chi connectivity index (χ1) is 9.22.